The van der Waals surface area contributed by atoms with Gasteiger partial charge in [-0.2, -0.15) is 0 Å². The summed E-state index contributed by atoms with van der Waals surface area (Å²) in [5.74, 6) is 0.770. The van der Waals surface area contributed by atoms with Crippen LogP contribution in [0.2, 0.25) is 0 Å². The Balaban J connectivity index is 2.56. The van der Waals surface area contributed by atoms with Crippen molar-refractivity contribution in [1.29, 1.82) is 0 Å². The lowest BCUT2D eigenvalue weighted by atomic mass is 10.3. The first-order valence-corrected chi connectivity index (χ1v) is 3.77. The summed E-state index contributed by atoms with van der Waals surface area (Å²) in [5.41, 5.74) is 0. The molecule has 2 heteroatoms. The second kappa shape index (κ2) is 4.57. The second-order valence-corrected chi connectivity index (χ2v) is 2.29. The van der Waals surface area contributed by atoms with Gasteiger partial charge in [0.2, 0.25) is 0 Å². The van der Waals surface area contributed by atoms with Crippen LogP contribution >= 0.6 is 0 Å². The lowest BCUT2D eigenvalue weighted by Gasteiger charge is -2.08. The van der Waals surface area contributed by atoms with Crippen LogP contribution in [0.1, 0.15) is 11.9 Å². The molecule has 0 fully saturated rings. The Morgan fingerprint density at radius 2 is 2.42 bits per heavy atom. The van der Waals surface area contributed by atoms with Crippen molar-refractivity contribution >= 4 is 0 Å². The van der Waals surface area contributed by atoms with Crippen LogP contribution < -0.4 is 0 Å². The topological polar surface area (TPSA) is 22.4 Å². The zero-order valence-electron chi connectivity index (χ0n) is 6.90. The summed E-state index contributed by atoms with van der Waals surface area (Å²) in [6.07, 6.45) is 4.84. The zero-order chi connectivity index (χ0) is 8.81. The summed E-state index contributed by atoms with van der Waals surface area (Å²) >= 11 is 0. The number of hydrogen-bond acceptors (Lipinski definition) is 2. The molecule has 0 aliphatic carbocycles. The number of ether oxygens (including phenoxy) is 1. The van der Waals surface area contributed by atoms with E-state index in [0.29, 0.717) is 6.61 Å². The molecule has 1 heterocycles. The number of hydrogen-bond donors (Lipinski definition) is 0. The van der Waals surface area contributed by atoms with Crippen LogP contribution in [0.4, 0.5) is 0 Å². The molecule has 0 aromatic carbocycles. The SMILES string of the molecule is C=CCOC(C=C)c1ccco1. The Bertz CT molecular complexity index is 236. The van der Waals surface area contributed by atoms with Crippen molar-refractivity contribution in [2.24, 2.45) is 0 Å². The molecule has 0 aliphatic rings. The molecule has 0 saturated carbocycles. The van der Waals surface area contributed by atoms with Gasteiger partial charge in [-0.25, -0.2) is 0 Å². The lowest BCUT2D eigenvalue weighted by molar-refractivity contribution is 0.0931. The molecular weight excluding hydrogens is 152 g/mol. The highest BCUT2D eigenvalue weighted by Crippen LogP contribution is 2.18. The van der Waals surface area contributed by atoms with Gasteiger partial charge < -0.3 is 9.15 Å². The molecule has 0 aliphatic heterocycles. The van der Waals surface area contributed by atoms with Crippen LogP contribution in [-0.4, -0.2) is 6.61 Å². The molecule has 0 radical (unpaired) electrons. The van der Waals surface area contributed by atoms with E-state index in [2.05, 4.69) is 13.2 Å². The van der Waals surface area contributed by atoms with Crippen LogP contribution in [0.25, 0.3) is 0 Å². The van der Waals surface area contributed by atoms with Crippen molar-refractivity contribution in [3.05, 3.63) is 49.5 Å². The van der Waals surface area contributed by atoms with Gasteiger partial charge in [-0.3, -0.25) is 0 Å². The van der Waals surface area contributed by atoms with E-state index >= 15 is 0 Å². The summed E-state index contributed by atoms with van der Waals surface area (Å²) in [5, 5.41) is 0. The van der Waals surface area contributed by atoms with E-state index in [1.54, 1.807) is 18.4 Å². The van der Waals surface area contributed by atoms with Gasteiger partial charge in [-0.15, -0.1) is 13.2 Å². The number of furan rings is 1. The third-order valence-corrected chi connectivity index (χ3v) is 1.43. The maximum absolute atomic E-state index is 5.35. The van der Waals surface area contributed by atoms with E-state index in [-0.39, 0.29) is 6.10 Å². The molecule has 0 spiro atoms. The molecule has 0 saturated heterocycles. The Morgan fingerprint density at radius 1 is 1.58 bits per heavy atom. The maximum atomic E-state index is 5.35. The van der Waals surface area contributed by atoms with Gasteiger partial charge in [0, 0.05) is 0 Å². The Hall–Kier alpha value is -1.28. The van der Waals surface area contributed by atoms with Gasteiger partial charge in [-0.05, 0) is 12.1 Å². The van der Waals surface area contributed by atoms with E-state index in [1.807, 2.05) is 12.1 Å². The average Bonchev–Trinajstić information content (AvgIpc) is 2.59. The van der Waals surface area contributed by atoms with E-state index in [9.17, 15) is 0 Å². The molecule has 64 valence electrons. The molecule has 1 atom stereocenters. The molecule has 1 rings (SSSR count). The highest BCUT2D eigenvalue weighted by molar-refractivity contribution is 5.07. The smallest absolute Gasteiger partial charge is 0.136 e. The largest absolute Gasteiger partial charge is 0.466 e. The van der Waals surface area contributed by atoms with Crippen LogP contribution in [0.5, 0.6) is 0 Å². The summed E-state index contributed by atoms with van der Waals surface area (Å²) in [4.78, 5) is 0. The standard InChI is InChI=1S/C10H12O2/c1-3-7-11-9(4-2)10-6-5-8-12-10/h3-6,8-9H,1-2,7H2. The average molecular weight is 164 g/mol. The van der Waals surface area contributed by atoms with Gasteiger partial charge in [0.15, 0.2) is 0 Å². The predicted octanol–water partition coefficient (Wildman–Crippen LogP) is 2.71. The second-order valence-electron chi connectivity index (χ2n) is 2.29. The predicted molar refractivity (Wildman–Crippen MR) is 47.8 cm³/mol. The van der Waals surface area contributed by atoms with E-state index in [1.165, 1.54) is 0 Å². The Morgan fingerprint density at radius 3 is 2.92 bits per heavy atom. The summed E-state index contributed by atoms with van der Waals surface area (Å²) in [6, 6.07) is 3.68. The number of rotatable bonds is 5. The molecule has 12 heavy (non-hydrogen) atoms. The fraction of sp³-hybridized carbons (Fsp3) is 0.200. The summed E-state index contributed by atoms with van der Waals surface area (Å²) < 4.78 is 10.5. The molecule has 0 bridgehead atoms. The Kier molecular flexibility index (Phi) is 3.35. The fourth-order valence-corrected chi connectivity index (χ4v) is 0.891. The molecular formula is C10H12O2. The van der Waals surface area contributed by atoms with Crippen molar-refractivity contribution in [2.75, 3.05) is 6.61 Å². The minimum Gasteiger partial charge on any atom is -0.466 e. The first-order valence-electron chi connectivity index (χ1n) is 3.77. The first-order chi connectivity index (χ1) is 5.88. The first kappa shape index (κ1) is 8.81. The van der Waals surface area contributed by atoms with E-state index in [4.69, 9.17) is 9.15 Å². The van der Waals surface area contributed by atoms with Crippen molar-refractivity contribution in [1.82, 2.24) is 0 Å². The monoisotopic (exact) mass is 164 g/mol. The minimum atomic E-state index is -0.169. The lowest BCUT2D eigenvalue weighted by Crippen LogP contribution is -1.99. The van der Waals surface area contributed by atoms with E-state index < -0.39 is 0 Å². The third-order valence-electron chi connectivity index (χ3n) is 1.43. The van der Waals surface area contributed by atoms with Gasteiger partial charge in [0.05, 0.1) is 12.9 Å². The quantitative estimate of drug-likeness (QED) is 0.624. The molecule has 1 aromatic rings. The van der Waals surface area contributed by atoms with Crippen molar-refractivity contribution in [3.63, 3.8) is 0 Å². The zero-order valence-corrected chi connectivity index (χ0v) is 6.90. The summed E-state index contributed by atoms with van der Waals surface area (Å²) in [6.45, 7) is 7.71. The van der Waals surface area contributed by atoms with Crippen molar-refractivity contribution < 1.29 is 9.15 Å². The van der Waals surface area contributed by atoms with Crippen molar-refractivity contribution in [3.8, 4) is 0 Å². The third kappa shape index (κ3) is 2.10. The highest BCUT2D eigenvalue weighted by Gasteiger charge is 2.08. The van der Waals surface area contributed by atoms with Crippen LogP contribution in [-0.2, 0) is 4.74 Å². The minimum absolute atomic E-state index is 0.169. The van der Waals surface area contributed by atoms with Crippen molar-refractivity contribution in [2.45, 2.75) is 6.10 Å². The van der Waals surface area contributed by atoms with Crippen LogP contribution in [0.15, 0.2) is 48.1 Å². The fourth-order valence-electron chi connectivity index (χ4n) is 0.891. The van der Waals surface area contributed by atoms with Crippen LogP contribution in [0, 0.1) is 0 Å². The van der Waals surface area contributed by atoms with Gasteiger partial charge >= 0.3 is 0 Å². The highest BCUT2D eigenvalue weighted by atomic mass is 16.5. The maximum Gasteiger partial charge on any atom is 0.136 e. The molecule has 1 unspecified atom stereocenters. The molecule has 2 nitrogen and oxygen atoms in total. The van der Waals surface area contributed by atoms with Crippen LogP contribution in [0.3, 0.4) is 0 Å². The normalized spacial score (nSPS) is 12.3. The Labute approximate surface area is 72.1 Å². The van der Waals surface area contributed by atoms with Gasteiger partial charge in [-0.1, -0.05) is 12.2 Å². The van der Waals surface area contributed by atoms with E-state index in [0.717, 1.165) is 5.76 Å². The summed E-state index contributed by atoms with van der Waals surface area (Å²) in [7, 11) is 0. The molecule has 1 aromatic heterocycles. The van der Waals surface area contributed by atoms with Gasteiger partial charge in [0.25, 0.3) is 0 Å². The molecule has 0 amide bonds. The van der Waals surface area contributed by atoms with Gasteiger partial charge in [0.1, 0.15) is 11.9 Å². The molecule has 0 N–H and O–H groups in total.